The van der Waals surface area contributed by atoms with Gasteiger partial charge in [-0.3, -0.25) is 4.79 Å². The number of carbonyl (C=O) groups is 2. The number of hydrogen-bond acceptors (Lipinski definition) is 6. The molecular formula is C28H34N2O4. The molecule has 0 unspecified atom stereocenters. The summed E-state index contributed by atoms with van der Waals surface area (Å²) < 4.78 is 10.2. The van der Waals surface area contributed by atoms with Gasteiger partial charge in [-0.1, -0.05) is 52.0 Å². The molecule has 0 bridgehead atoms. The van der Waals surface area contributed by atoms with Crippen LogP contribution in [0.4, 0.5) is 11.4 Å². The predicted octanol–water partition coefficient (Wildman–Crippen LogP) is 6.11. The van der Waals surface area contributed by atoms with Crippen molar-refractivity contribution in [2.75, 3.05) is 24.4 Å². The summed E-state index contributed by atoms with van der Waals surface area (Å²) in [6.07, 6.45) is 0.763. The average molecular weight is 463 g/mol. The van der Waals surface area contributed by atoms with Crippen LogP contribution in [0.2, 0.25) is 0 Å². The Kier molecular flexibility index (Phi) is 8.52. The van der Waals surface area contributed by atoms with Crippen LogP contribution < -0.4 is 10.6 Å². The highest BCUT2D eigenvalue weighted by atomic mass is 16.5. The van der Waals surface area contributed by atoms with Crippen LogP contribution in [-0.2, 0) is 19.1 Å². The molecule has 2 N–H and O–H groups in total. The van der Waals surface area contributed by atoms with Crippen LogP contribution in [0.5, 0.6) is 0 Å². The van der Waals surface area contributed by atoms with E-state index in [1.165, 1.54) is 18.2 Å². The van der Waals surface area contributed by atoms with E-state index >= 15 is 0 Å². The number of hydrogen-bond donors (Lipinski definition) is 2. The summed E-state index contributed by atoms with van der Waals surface area (Å²) in [5, 5.41) is 6.83. The van der Waals surface area contributed by atoms with E-state index in [-0.39, 0.29) is 12.6 Å². The lowest BCUT2D eigenvalue weighted by molar-refractivity contribution is -0.136. The van der Waals surface area contributed by atoms with E-state index in [0.717, 1.165) is 28.3 Å². The number of allylic oxidation sites excluding steroid dienone is 2. The average Bonchev–Trinajstić information content (AvgIpc) is 2.83. The van der Waals surface area contributed by atoms with Crippen molar-refractivity contribution in [1.82, 2.24) is 0 Å². The predicted molar refractivity (Wildman–Crippen MR) is 136 cm³/mol. The molecule has 34 heavy (non-hydrogen) atoms. The van der Waals surface area contributed by atoms with Crippen molar-refractivity contribution in [2.45, 2.75) is 52.4 Å². The van der Waals surface area contributed by atoms with E-state index in [1.807, 2.05) is 24.3 Å². The molecule has 0 fully saturated rings. The van der Waals surface area contributed by atoms with Crippen LogP contribution >= 0.6 is 0 Å². The topological polar surface area (TPSA) is 76.7 Å². The fourth-order valence-electron chi connectivity index (χ4n) is 3.93. The molecule has 0 aliphatic heterocycles. The molecule has 6 nitrogen and oxygen atoms in total. The smallest absolute Gasteiger partial charge is 0.335 e. The van der Waals surface area contributed by atoms with Crippen LogP contribution in [0.3, 0.4) is 0 Å². The molecule has 180 valence electrons. The summed E-state index contributed by atoms with van der Waals surface area (Å²) in [5.74, 6) is 0.495. The minimum Gasteiger partial charge on any atom is -0.466 e. The fraction of sp³-hybridized carbons (Fsp3) is 0.357. The fourth-order valence-corrected chi connectivity index (χ4v) is 3.93. The third-order valence-electron chi connectivity index (χ3n) is 6.04. The zero-order valence-corrected chi connectivity index (χ0v) is 20.6. The lowest BCUT2D eigenvalue weighted by atomic mass is 9.92. The summed E-state index contributed by atoms with van der Waals surface area (Å²) in [6, 6.07) is 16.4. The van der Waals surface area contributed by atoms with Crippen molar-refractivity contribution in [3.05, 3.63) is 82.2 Å². The monoisotopic (exact) mass is 462 g/mol. The van der Waals surface area contributed by atoms with E-state index < -0.39 is 0 Å². The molecule has 0 saturated carbocycles. The molecular weight excluding hydrogens is 428 g/mol. The Morgan fingerprint density at radius 3 is 1.79 bits per heavy atom. The second-order valence-electron chi connectivity index (χ2n) is 9.09. The molecule has 2 aromatic rings. The van der Waals surface area contributed by atoms with Gasteiger partial charge in [-0.05, 0) is 52.8 Å². The van der Waals surface area contributed by atoms with Gasteiger partial charge in [-0.25, -0.2) is 4.79 Å². The maximum atomic E-state index is 12.7. The molecule has 1 aliphatic carbocycles. The second kappa shape index (κ2) is 11.5. The highest BCUT2D eigenvalue weighted by molar-refractivity contribution is 5.91. The summed E-state index contributed by atoms with van der Waals surface area (Å²) in [7, 11) is 1.39. The molecule has 0 heterocycles. The van der Waals surface area contributed by atoms with E-state index in [4.69, 9.17) is 9.47 Å². The third-order valence-corrected chi connectivity index (χ3v) is 6.04. The van der Waals surface area contributed by atoms with Gasteiger partial charge < -0.3 is 20.1 Å². The van der Waals surface area contributed by atoms with Gasteiger partial charge in [0.25, 0.3) is 6.47 Å². The molecule has 3 rings (SSSR count). The summed E-state index contributed by atoms with van der Waals surface area (Å²) in [6.45, 7) is 9.19. The van der Waals surface area contributed by atoms with Crippen LogP contribution in [0.1, 0.15) is 63.5 Å². The highest BCUT2D eigenvalue weighted by Gasteiger charge is 2.26. The molecule has 1 aliphatic rings. The molecule has 0 radical (unpaired) electrons. The number of anilines is 2. The Balaban J connectivity index is 1.89. The van der Waals surface area contributed by atoms with Gasteiger partial charge in [0, 0.05) is 35.6 Å². The number of benzene rings is 2. The van der Waals surface area contributed by atoms with Crippen molar-refractivity contribution in [2.24, 2.45) is 0 Å². The first-order valence-corrected chi connectivity index (χ1v) is 11.6. The highest BCUT2D eigenvalue weighted by Crippen LogP contribution is 2.33. The maximum absolute atomic E-state index is 12.7. The van der Waals surface area contributed by atoms with Gasteiger partial charge in [0.05, 0.1) is 12.7 Å². The van der Waals surface area contributed by atoms with Crippen LogP contribution in [-0.4, -0.2) is 26.2 Å². The molecule has 0 spiro atoms. The first-order chi connectivity index (χ1) is 16.3. The maximum Gasteiger partial charge on any atom is 0.335 e. The number of carbonyl (C=O) groups excluding carboxylic acids is 2. The Morgan fingerprint density at radius 1 is 0.853 bits per heavy atom. The molecule has 2 aromatic carbocycles. The SMILES string of the molecule is COC(=O)C1=C(Nc2ccc(C(C)C)cc2)CC(COC=O)=C(Nc2ccc(C(C)C)cc2)C1. The Morgan fingerprint density at radius 2 is 1.35 bits per heavy atom. The molecule has 0 saturated heterocycles. The third kappa shape index (κ3) is 6.28. The number of methoxy groups -OCH3 is 1. The summed E-state index contributed by atoms with van der Waals surface area (Å²) in [5.41, 5.74) is 7.31. The summed E-state index contributed by atoms with van der Waals surface area (Å²) in [4.78, 5) is 23.6. The second-order valence-corrected chi connectivity index (χ2v) is 9.09. The molecule has 6 heteroatoms. The largest absolute Gasteiger partial charge is 0.466 e. The zero-order valence-electron chi connectivity index (χ0n) is 20.6. The quantitative estimate of drug-likeness (QED) is 0.328. The van der Waals surface area contributed by atoms with Gasteiger partial charge >= 0.3 is 5.97 Å². The lowest BCUT2D eigenvalue weighted by Gasteiger charge is -2.26. The van der Waals surface area contributed by atoms with Crippen molar-refractivity contribution in [3.8, 4) is 0 Å². The van der Waals surface area contributed by atoms with E-state index in [2.05, 4.69) is 62.6 Å². The van der Waals surface area contributed by atoms with E-state index in [0.29, 0.717) is 36.7 Å². The first-order valence-electron chi connectivity index (χ1n) is 11.6. The Hall–Kier alpha value is -3.54. The number of rotatable bonds is 10. The van der Waals surface area contributed by atoms with Crippen LogP contribution in [0, 0.1) is 0 Å². The van der Waals surface area contributed by atoms with E-state index in [1.54, 1.807) is 0 Å². The van der Waals surface area contributed by atoms with Crippen molar-refractivity contribution in [3.63, 3.8) is 0 Å². The van der Waals surface area contributed by atoms with Crippen molar-refractivity contribution >= 4 is 23.8 Å². The van der Waals surface area contributed by atoms with Crippen LogP contribution in [0.15, 0.2) is 71.1 Å². The number of nitrogens with one attached hydrogen (secondary N) is 2. The minimum absolute atomic E-state index is 0.141. The van der Waals surface area contributed by atoms with Crippen molar-refractivity contribution < 1.29 is 19.1 Å². The molecule has 0 atom stereocenters. The lowest BCUT2D eigenvalue weighted by Crippen LogP contribution is -2.22. The normalized spacial score (nSPS) is 13.9. The zero-order chi connectivity index (χ0) is 24.7. The van der Waals surface area contributed by atoms with Crippen LogP contribution in [0.25, 0.3) is 0 Å². The van der Waals surface area contributed by atoms with Gasteiger partial charge in [0.15, 0.2) is 0 Å². The van der Waals surface area contributed by atoms with Gasteiger partial charge in [0.1, 0.15) is 6.61 Å². The number of ether oxygens (including phenoxy) is 2. The van der Waals surface area contributed by atoms with Crippen molar-refractivity contribution in [1.29, 1.82) is 0 Å². The minimum atomic E-state index is -0.383. The van der Waals surface area contributed by atoms with E-state index in [9.17, 15) is 9.59 Å². The van der Waals surface area contributed by atoms with Gasteiger partial charge in [-0.2, -0.15) is 0 Å². The van der Waals surface area contributed by atoms with Gasteiger partial charge in [0.2, 0.25) is 0 Å². The number of esters is 1. The molecule has 0 aromatic heterocycles. The Bertz CT molecular complexity index is 1060. The first kappa shape index (κ1) is 25.1. The molecule has 0 amide bonds. The summed E-state index contributed by atoms with van der Waals surface area (Å²) >= 11 is 0. The Labute approximate surface area is 202 Å². The standard InChI is InChI=1S/C28H34N2O4/c1-18(2)20-6-10-23(11-7-20)29-26-15-25(28(32)33-5)27(14-22(26)16-34-17-31)30-24-12-8-21(9-13-24)19(3)4/h6-13,17-19,29-30H,14-16H2,1-5H3. The van der Waals surface area contributed by atoms with Gasteiger partial charge in [-0.15, -0.1) is 0 Å².